The monoisotopic (exact) mass is 545 g/mol. The van der Waals surface area contributed by atoms with E-state index in [1.165, 1.54) is 18.1 Å². The molecular weight excluding hydrogens is 510 g/mol. The molecule has 2 N–H and O–H groups in total. The number of aliphatic hydroxyl groups is 1. The lowest BCUT2D eigenvalue weighted by Crippen LogP contribution is -2.29. The highest BCUT2D eigenvalue weighted by Crippen LogP contribution is 2.46. The van der Waals surface area contributed by atoms with Gasteiger partial charge in [-0.2, -0.15) is 0 Å². The first kappa shape index (κ1) is 28.5. The number of amides is 1. The number of carbonyl (C=O) groups excluding carboxylic acids is 2. The highest BCUT2D eigenvalue weighted by molar-refractivity contribution is 6.52. The molecule has 4 rings (SSSR count). The van der Waals surface area contributed by atoms with Crippen LogP contribution in [0.3, 0.4) is 0 Å². The molecule has 0 spiro atoms. The lowest BCUT2D eigenvalue weighted by molar-refractivity contribution is -0.132. The number of hydrogen-bond donors (Lipinski definition) is 2. The number of methoxy groups -OCH3 is 1. The normalized spacial score (nSPS) is 16.3. The van der Waals surface area contributed by atoms with Crippen molar-refractivity contribution in [2.75, 3.05) is 25.2 Å². The van der Waals surface area contributed by atoms with Crippen LogP contribution >= 0.6 is 0 Å². The molecule has 1 atom stereocenters. The number of phenolic OH excluding ortho intramolecular Hbond substituents is 1. The van der Waals surface area contributed by atoms with Gasteiger partial charge in [-0.1, -0.05) is 31.9 Å². The second-order valence-corrected chi connectivity index (χ2v) is 9.58. The van der Waals surface area contributed by atoms with Crippen molar-refractivity contribution in [1.82, 2.24) is 0 Å². The minimum absolute atomic E-state index is 0.102. The first-order valence-corrected chi connectivity index (χ1v) is 13.4. The van der Waals surface area contributed by atoms with Crippen molar-refractivity contribution >= 4 is 23.1 Å². The van der Waals surface area contributed by atoms with Crippen molar-refractivity contribution in [1.29, 1.82) is 0 Å². The van der Waals surface area contributed by atoms with Gasteiger partial charge in [-0.25, -0.2) is 0 Å². The Labute approximate surface area is 234 Å². The number of aryl methyl sites for hydroxylation is 1. The number of carbonyl (C=O) groups is 2. The third kappa shape index (κ3) is 5.76. The van der Waals surface area contributed by atoms with Gasteiger partial charge in [-0.05, 0) is 79.9 Å². The predicted molar refractivity (Wildman–Crippen MR) is 153 cm³/mol. The van der Waals surface area contributed by atoms with Gasteiger partial charge in [0.1, 0.15) is 17.3 Å². The average Bonchev–Trinajstić information content (AvgIpc) is 3.22. The molecule has 8 nitrogen and oxygen atoms in total. The Hall–Kier alpha value is -4.46. The minimum Gasteiger partial charge on any atom is -0.507 e. The van der Waals surface area contributed by atoms with Crippen LogP contribution in [0, 0.1) is 6.92 Å². The molecule has 0 bridgehead atoms. The van der Waals surface area contributed by atoms with Gasteiger partial charge >= 0.3 is 0 Å². The second kappa shape index (κ2) is 12.6. The van der Waals surface area contributed by atoms with Crippen molar-refractivity contribution < 1.29 is 34.0 Å². The van der Waals surface area contributed by atoms with E-state index in [0.29, 0.717) is 41.6 Å². The number of rotatable bonds is 11. The SMILES string of the molecule is CCCCCOc1ccc(/C(O)=C2/C(=O)C(=O)N(c3cc(C)ccc3O)C2c2ccc(OC)c(OCC)c2)cc1. The Balaban J connectivity index is 1.84. The van der Waals surface area contributed by atoms with Gasteiger partial charge < -0.3 is 24.4 Å². The molecule has 1 heterocycles. The van der Waals surface area contributed by atoms with Crippen LogP contribution in [0.1, 0.15) is 55.8 Å². The molecule has 3 aromatic rings. The molecule has 1 amide bonds. The molecule has 0 radical (unpaired) electrons. The van der Waals surface area contributed by atoms with Crippen LogP contribution < -0.4 is 19.1 Å². The fourth-order valence-electron chi connectivity index (χ4n) is 4.76. The summed E-state index contributed by atoms with van der Waals surface area (Å²) in [6, 6.07) is 15.6. The summed E-state index contributed by atoms with van der Waals surface area (Å²) in [5, 5.41) is 22.2. The summed E-state index contributed by atoms with van der Waals surface area (Å²) in [6.07, 6.45) is 3.11. The topological polar surface area (TPSA) is 106 Å². The number of nitrogens with zero attached hydrogens (tertiary/aromatic N) is 1. The molecule has 210 valence electrons. The van der Waals surface area contributed by atoms with E-state index >= 15 is 0 Å². The van der Waals surface area contributed by atoms with Gasteiger partial charge in [-0.3, -0.25) is 14.5 Å². The minimum atomic E-state index is -1.04. The number of aliphatic hydroxyl groups excluding tert-OH is 1. The number of phenols is 1. The fraction of sp³-hybridized carbons (Fsp3) is 0.312. The molecule has 1 aliphatic rings. The molecule has 1 fully saturated rings. The van der Waals surface area contributed by atoms with Gasteiger partial charge in [0.15, 0.2) is 11.5 Å². The molecular formula is C32H35NO7. The van der Waals surface area contributed by atoms with Crippen LogP contribution in [-0.2, 0) is 9.59 Å². The van der Waals surface area contributed by atoms with Crippen molar-refractivity contribution in [2.45, 2.75) is 46.1 Å². The van der Waals surface area contributed by atoms with Crippen LogP contribution in [-0.4, -0.2) is 42.2 Å². The molecule has 1 unspecified atom stereocenters. The van der Waals surface area contributed by atoms with Gasteiger partial charge in [0.05, 0.1) is 37.6 Å². The summed E-state index contributed by atoms with van der Waals surface area (Å²) in [7, 11) is 1.52. The molecule has 8 heteroatoms. The molecule has 0 saturated carbocycles. The maximum atomic E-state index is 13.5. The van der Waals surface area contributed by atoms with Crippen LogP contribution in [0.2, 0.25) is 0 Å². The number of hydrogen-bond acceptors (Lipinski definition) is 7. The quantitative estimate of drug-likeness (QED) is 0.126. The second-order valence-electron chi connectivity index (χ2n) is 9.58. The lowest BCUT2D eigenvalue weighted by atomic mass is 9.94. The van der Waals surface area contributed by atoms with Crippen LogP contribution in [0.4, 0.5) is 5.69 Å². The number of aromatic hydroxyl groups is 1. The van der Waals surface area contributed by atoms with Gasteiger partial charge in [-0.15, -0.1) is 0 Å². The Bertz CT molecular complexity index is 1410. The smallest absolute Gasteiger partial charge is 0.300 e. The lowest BCUT2D eigenvalue weighted by Gasteiger charge is -2.27. The third-order valence-corrected chi connectivity index (χ3v) is 6.78. The van der Waals surface area contributed by atoms with Crippen molar-refractivity contribution in [2.24, 2.45) is 0 Å². The largest absolute Gasteiger partial charge is 0.507 e. The maximum absolute atomic E-state index is 13.5. The van der Waals surface area contributed by atoms with E-state index in [4.69, 9.17) is 14.2 Å². The third-order valence-electron chi connectivity index (χ3n) is 6.78. The molecule has 3 aromatic carbocycles. The summed E-state index contributed by atoms with van der Waals surface area (Å²) in [5.74, 6) is -0.674. The van der Waals surface area contributed by atoms with Crippen LogP contribution in [0.15, 0.2) is 66.2 Å². The van der Waals surface area contributed by atoms with E-state index in [9.17, 15) is 19.8 Å². The zero-order valence-corrected chi connectivity index (χ0v) is 23.3. The van der Waals surface area contributed by atoms with Crippen molar-refractivity contribution in [3.05, 3.63) is 82.9 Å². The summed E-state index contributed by atoms with van der Waals surface area (Å²) in [6.45, 7) is 6.73. The van der Waals surface area contributed by atoms with Crippen LogP contribution in [0.5, 0.6) is 23.0 Å². The summed E-state index contributed by atoms with van der Waals surface area (Å²) < 4.78 is 16.9. The van der Waals surface area contributed by atoms with Gasteiger partial charge in [0, 0.05) is 5.56 Å². The Kier molecular flexibility index (Phi) is 8.99. The van der Waals surface area contributed by atoms with Crippen molar-refractivity contribution in [3.63, 3.8) is 0 Å². The molecule has 1 aliphatic heterocycles. The van der Waals surface area contributed by atoms with E-state index in [1.807, 2.05) is 13.8 Å². The predicted octanol–water partition coefficient (Wildman–Crippen LogP) is 6.30. The number of benzene rings is 3. The number of anilines is 1. The van der Waals surface area contributed by atoms with Crippen LogP contribution in [0.25, 0.3) is 5.76 Å². The van der Waals surface area contributed by atoms with E-state index < -0.39 is 17.7 Å². The maximum Gasteiger partial charge on any atom is 0.300 e. The number of unbranched alkanes of at least 4 members (excludes halogenated alkanes) is 2. The van der Waals surface area contributed by atoms with Gasteiger partial charge in [0.2, 0.25) is 0 Å². The Morgan fingerprint density at radius 1 is 0.925 bits per heavy atom. The molecule has 0 aromatic heterocycles. The summed E-state index contributed by atoms with van der Waals surface area (Å²) >= 11 is 0. The van der Waals surface area contributed by atoms with Crippen molar-refractivity contribution in [3.8, 4) is 23.0 Å². The standard InChI is InChI=1S/C32H35NO7/c1-5-7-8-17-40-23-13-10-21(11-14-23)30(35)28-29(22-12-16-26(38-4)27(19-22)39-6-2)33(32(37)31(28)36)24-18-20(3)9-15-25(24)34/h9-16,18-19,29,34-35H,5-8,17H2,1-4H3/b30-28-. The van der Waals surface area contributed by atoms with E-state index in [1.54, 1.807) is 54.6 Å². The number of ether oxygens (including phenoxy) is 3. The average molecular weight is 546 g/mol. The number of Topliss-reactive ketones (excluding diaryl/α,β-unsaturated/α-hetero) is 1. The first-order chi connectivity index (χ1) is 19.3. The highest BCUT2D eigenvalue weighted by Gasteiger charge is 2.48. The van der Waals surface area contributed by atoms with E-state index in [2.05, 4.69) is 6.92 Å². The first-order valence-electron chi connectivity index (χ1n) is 13.4. The highest BCUT2D eigenvalue weighted by atomic mass is 16.5. The fourth-order valence-corrected chi connectivity index (χ4v) is 4.76. The van der Waals surface area contributed by atoms with E-state index in [0.717, 1.165) is 24.8 Å². The Morgan fingerprint density at radius 2 is 1.68 bits per heavy atom. The Morgan fingerprint density at radius 3 is 2.35 bits per heavy atom. The number of ketones is 1. The van der Waals surface area contributed by atoms with E-state index in [-0.39, 0.29) is 22.8 Å². The summed E-state index contributed by atoms with van der Waals surface area (Å²) in [5.41, 5.74) is 1.70. The zero-order valence-electron chi connectivity index (χ0n) is 23.3. The molecule has 40 heavy (non-hydrogen) atoms. The zero-order chi connectivity index (χ0) is 28.8. The molecule has 0 aliphatic carbocycles. The molecule has 1 saturated heterocycles. The summed E-state index contributed by atoms with van der Waals surface area (Å²) in [4.78, 5) is 28.2. The van der Waals surface area contributed by atoms with Gasteiger partial charge in [0.25, 0.3) is 11.7 Å².